The summed E-state index contributed by atoms with van der Waals surface area (Å²) in [5, 5.41) is 2.77. The van der Waals surface area contributed by atoms with Gasteiger partial charge in [0.2, 0.25) is 0 Å². The van der Waals surface area contributed by atoms with Gasteiger partial charge in [-0.1, -0.05) is 0 Å². The van der Waals surface area contributed by atoms with Crippen molar-refractivity contribution in [2.75, 3.05) is 26.3 Å². The van der Waals surface area contributed by atoms with Crippen molar-refractivity contribution < 1.29 is 23.8 Å². The van der Waals surface area contributed by atoms with E-state index in [0.717, 1.165) is 12.8 Å². The Morgan fingerprint density at radius 1 is 1.23 bits per heavy atom. The van der Waals surface area contributed by atoms with Crippen LogP contribution in [0.1, 0.15) is 44.0 Å². The van der Waals surface area contributed by atoms with Crippen LogP contribution in [0.2, 0.25) is 0 Å². The molecule has 26 heavy (non-hydrogen) atoms. The lowest BCUT2D eigenvalue weighted by atomic mass is 10.1. The minimum Gasteiger partial charge on any atom is -0.486 e. The molecule has 2 heterocycles. The fourth-order valence-electron chi connectivity index (χ4n) is 3.17. The zero-order valence-corrected chi connectivity index (χ0v) is 15.5. The highest BCUT2D eigenvalue weighted by atomic mass is 16.6. The maximum Gasteiger partial charge on any atom is 0.407 e. The number of nitrogens with zero attached hydrogens (tertiary/aromatic N) is 1. The third-order valence-electron chi connectivity index (χ3n) is 4.31. The van der Waals surface area contributed by atoms with E-state index in [1.54, 1.807) is 18.2 Å². The molecule has 142 valence electrons. The maximum absolute atomic E-state index is 12.9. The van der Waals surface area contributed by atoms with Crippen molar-refractivity contribution in [2.45, 2.75) is 45.3 Å². The van der Waals surface area contributed by atoms with Gasteiger partial charge in [-0.05, 0) is 51.8 Å². The Bertz CT molecular complexity index is 683. The Hall–Kier alpha value is -2.44. The molecular weight excluding hydrogens is 336 g/mol. The van der Waals surface area contributed by atoms with Crippen molar-refractivity contribution in [3.8, 4) is 11.5 Å². The lowest BCUT2D eigenvalue weighted by Gasteiger charge is -2.26. The second-order valence-electron chi connectivity index (χ2n) is 7.54. The number of hydrogen-bond donors (Lipinski definition) is 1. The molecule has 1 aromatic rings. The van der Waals surface area contributed by atoms with Crippen LogP contribution in [0.5, 0.6) is 11.5 Å². The van der Waals surface area contributed by atoms with E-state index in [-0.39, 0.29) is 11.9 Å². The first-order valence-electron chi connectivity index (χ1n) is 9.01. The van der Waals surface area contributed by atoms with Gasteiger partial charge in [-0.25, -0.2) is 4.79 Å². The first-order chi connectivity index (χ1) is 12.3. The third kappa shape index (κ3) is 4.39. The molecule has 1 N–H and O–H groups in total. The van der Waals surface area contributed by atoms with Crippen molar-refractivity contribution in [1.29, 1.82) is 0 Å². The molecule has 2 aliphatic heterocycles. The van der Waals surface area contributed by atoms with Gasteiger partial charge in [-0.2, -0.15) is 0 Å². The lowest BCUT2D eigenvalue weighted by molar-refractivity contribution is 0.0501. The Morgan fingerprint density at radius 2 is 1.96 bits per heavy atom. The van der Waals surface area contributed by atoms with Gasteiger partial charge in [0.15, 0.2) is 11.5 Å². The van der Waals surface area contributed by atoms with E-state index < -0.39 is 11.7 Å². The van der Waals surface area contributed by atoms with Crippen molar-refractivity contribution >= 4 is 12.0 Å². The van der Waals surface area contributed by atoms with Crippen LogP contribution in [0.25, 0.3) is 0 Å². The second kappa shape index (κ2) is 7.43. The van der Waals surface area contributed by atoms with Crippen molar-refractivity contribution in [2.24, 2.45) is 0 Å². The SMILES string of the molecule is CC(C)(C)OC(=O)NCC1CCCN1C(=O)c1ccc2c(c1)OCCO2. The summed E-state index contributed by atoms with van der Waals surface area (Å²) in [4.78, 5) is 26.6. The number of nitrogens with one attached hydrogen (secondary N) is 1. The van der Waals surface area contributed by atoms with Crippen molar-refractivity contribution in [3.63, 3.8) is 0 Å². The van der Waals surface area contributed by atoms with Crippen LogP contribution in [-0.4, -0.2) is 54.8 Å². The van der Waals surface area contributed by atoms with E-state index in [1.165, 1.54) is 0 Å². The zero-order chi connectivity index (χ0) is 18.7. The highest BCUT2D eigenvalue weighted by molar-refractivity contribution is 5.95. The van der Waals surface area contributed by atoms with E-state index in [2.05, 4.69) is 5.32 Å². The molecule has 0 bridgehead atoms. The van der Waals surface area contributed by atoms with Gasteiger partial charge in [0.25, 0.3) is 5.91 Å². The summed E-state index contributed by atoms with van der Waals surface area (Å²) < 4.78 is 16.3. The molecule has 0 aliphatic carbocycles. The number of carbonyl (C=O) groups excluding carboxylic acids is 2. The fraction of sp³-hybridized carbons (Fsp3) is 0.579. The summed E-state index contributed by atoms with van der Waals surface area (Å²) in [6, 6.07) is 5.22. The molecule has 0 saturated carbocycles. The predicted molar refractivity (Wildman–Crippen MR) is 95.7 cm³/mol. The quantitative estimate of drug-likeness (QED) is 0.894. The summed E-state index contributed by atoms with van der Waals surface area (Å²) in [6.07, 6.45) is 1.30. The number of fused-ring (bicyclic) bond motifs is 1. The third-order valence-corrected chi connectivity index (χ3v) is 4.31. The monoisotopic (exact) mass is 362 g/mol. The molecule has 2 aliphatic rings. The lowest BCUT2D eigenvalue weighted by Crippen LogP contribution is -2.44. The van der Waals surface area contributed by atoms with Gasteiger partial charge in [-0.15, -0.1) is 0 Å². The van der Waals surface area contributed by atoms with Gasteiger partial charge in [0, 0.05) is 24.7 Å². The number of alkyl carbamates (subject to hydrolysis) is 1. The Labute approximate surface area is 153 Å². The summed E-state index contributed by atoms with van der Waals surface area (Å²) in [5.74, 6) is 1.21. The molecule has 7 nitrogen and oxygen atoms in total. The average molecular weight is 362 g/mol. The largest absolute Gasteiger partial charge is 0.486 e. The molecule has 2 amide bonds. The molecular formula is C19H26N2O5. The standard InChI is InChI=1S/C19H26N2O5/c1-19(2,3)26-18(23)20-12-14-5-4-8-21(14)17(22)13-6-7-15-16(11-13)25-10-9-24-15/h6-7,11,14H,4-5,8-10,12H2,1-3H3,(H,20,23). The second-order valence-corrected chi connectivity index (χ2v) is 7.54. The normalized spacial score (nSPS) is 19.2. The molecule has 1 saturated heterocycles. The molecule has 1 fully saturated rings. The molecule has 0 aromatic heterocycles. The molecule has 3 rings (SSSR count). The summed E-state index contributed by atoms with van der Waals surface area (Å²) in [6.45, 7) is 7.51. The molecule has 1 atom stereocenters. The van der Waals surface area contributed by atoms with Crippen LogP contribution in [0.4, 0.5) is 4.79 Å². The van der Waals surface area contributed by atoms with E-state index in [9.17, 15) is 9.59 Å². The fourth-order valence-corrected chi connectivity index (χ4v) is 3.17. The van der Waals surface area contributed by atoms with Crippen LogP contribution < -0.4 is 14.8 Å². The van der Waals surface area contributed by atoms with E-state index in [1.807, 2.05) is 25.7 Å². The van der Waals surface area contributed by atoms with Gasteiger partial charge >= 0.3 is 6.09 Å². The van der Waals surface area contributed by atoms with Gasteiger partial charge < -0.3 is 24.4 Å². The highest BCUT2D eigenvalue weighted by Crippen LogP contribution is 2.32. The Kier molecular flexibility index (Phi) is 5.25. The summed E-state index contributed by atoms with van der Waals surface area (Å²) in [5.41, 5.74) is 0.0268. The minimum absolute atomic E-state index is 0.0387. The predicted octanol–water partition coefficient (Wildman–Crippen LogP) is 2.59. The number of hydrogen-bond acceptors (Lipinski definition) is 5. The van der Waals surface area contributed by atoms with E-state index in [4.69, 9.17) is 14.2 Å². The number of amides is 2. The molecule has 1 aromatic carbocycles. The maximum atomic E-state index is 12.9. The van der Waals surface area contributed by atoms with Crippen molar-refractivity contribution in [3.05, 3.63) is 23.8 Å². The van der Waals surface area contributed by atoms with Crippen LogP contribution in [0.3, 0.4) is 0 Å². The van der Waals surface area contributed by atoms with Gasteiger partial charge in [0.05, 0.1) is 0 Å². The molecule has 0 radical (unpaired) electrons. The van der Waals surface area contributed by atoms with Gasteiger partial charge in [-0.3, -0.25) is 4.79 Å². The van der Waals surface area contributed by atoms with Crippen LogP contribution in [0, 0.1) is 0 Å². The average Bonchev–Trinajstić information content (AvgIpc) is 3.06. The summed E-state index contributed by atoms with van der Waals surface area (Å²) >= 11 is 0. The zero-order valence-electron chi connectivity index (χ0n) is 15.5. The Morgan fingerprint density at radius 3 is 2.69 bits per heavy atom. The topological polar surface area (TPSA) is 77.1 Å². The minimum atomic E-state index is -0.541. The highest BCUT2D eigenvalue weighted by Gasteiger charge is 2.30. The van der Waals surface area contributed by atoms with E-state index >= 15 is 0 Å². The molecule has 0 spiro atoms. The van der Waals surface area contributed by atoms with Crippen LogP contribution >= 0.6 is 0 Å². The summed E-state index contributed by atoms with van der Waals surface area (Å²) in [7, 11) is 0. The number of rotatable bonds is 3. The van der Waals surface area contributed by atoms with Crippen LogP contribution in [-0.2, 0) is 4.74 Å². The number of ether oxygens (including phenoxy) is 3. The van der Waals surface area contributed by atoms with Crippen molar-refractivity contribution in [1.82, 2.24) is 10.2 Å². The first-order valence-corrected chi connectivity index (χ1v) is 9.01. The molecule has 7 heteroatoms. The number of likely N-dealkylation sites (tertiary alicyclic amines) is 1. The smallest absolute Gasteiger partial charge is 0.407 e. The van der Waals surface area contributed by atoms with E-state index in [0.29, 0.717) is 43.4 Å². The number of carbonyl (C=O) groups is 2. The number of benzene rings is 1. The first kappa shape index (κ1) is 18.4. The van der Waals surface area contributed by atoms with Crippen LogP contribution in [0.15, 0.2) is 18.2 Å². The molecule has 1 unspecified atom stereocenters. The Balaban J connectivity index is 1.62. The van der Waals surface area contributed by atoms with Gasteiger partial charge in [0.1, 0.15) is 18.8 Å².